The van der Waals surface area contributed by atoms with E-state index in [0.29, 0.717) is 24.5 Å². The molecule has 0 atom stereocenters. The van der Waals surface area contributed by atoms with E-state index in [2.05, 4.69) is 41.1 Å². The van der Waals surface area contributed by atoms with Crippen molar-refractivity contribution in [3.8, 4) is 11.3 Å². The lowest BCUT2D eigenvalue weighted by molar-refractivity contribution is 0.445. The molecule has 0 spiro atoms. The Labute approximate surface area is 205 Å². The number of hydrogen-bond donors (Lipinski definition) is 0. The third kappa shape index (κ3) is 5.22. The maximum atomic E-state index is 12.9. The molecule has 0 saturated carbocycles. The molecule has 1 heterocycles. The van der Waals surface area contributed by atoms with Gasteiger partial charge in [-0.15, -0.1) is 11.3 Å². The highest BCUT2D eigenvalue weighted by Crippen LogP contribution is 2.25. The SMILES string of the molecule is CCN(CC)S(=O)(=O)c1ccc(-c2csc(=Nc3ccccc3)n2Cc2ccc(C)cc2)cc1. The van der Waals surface area contributed by atoms with Crippen molar-refractivity contribution >= 4 is 27.0 Å². The fraction of sp³-hybridized carbons (Fsp3) is 0.222. The zero-order valence-electron chi connectivity index (χ0n) is 19.7. The van der Waals surface area contributed by atoms with Crippen molar-refractivity contribution < 1.29 is 8.42 Å². The molecular weight excluding hydrogens is 462 g/mol. The molecule has 3 aromatic carbocycles. The Kier molecular flexibility index (Phi) is 7.46. The van der Waals surface area contributed by atoms with Crippen molar-refractivity contribution in [2.24, 2.45) is 4.99 Å². The smallest absolute Gasteiger partial charge is 0.243 e. The molecule has 0 aliphatic heterocycles. The second kappa shape index (κ2) is 10.5. The number of aryl methyl sites for hydroxylation is 1. The van der Waals surface area contributed by atoms with Crippen molar-refractivity contribution in [3.05, 3.63) is 100 Å². The minimum atomic E-state index is -3.49. The first-order chi connectivity index (χ1) is 16.4. The fourth-order valence-corrected chi connectivity index (χ4v) is 6.19. The molecule has 0 aliphatic rings. The molecule has 7 heteroatoms. The van der Waals surface area contributed by atoms with Crippen LogP contribution in [0.25, 0.3) is 11.3 Å². The summed E-state index contributed by atoms with van der Waals surface area (Å²) in [5, 5.41) is 2.09. The van der Waals surface area contributed by atoms with Crippen LogP contribution < -0.4 is 4.80 Å². The minimum Gasteiger partial charge on any atom is -0.312 e. The lowest BCUT2D eigenvalue weighted by Gasteiger charge is -2.18. The van der Waals surface area contributed by atoms with E-state index in [0.717, 1.165) is 21.7 Å². The average molecular weight is 492 g/mol. The number of sulfonamides is 1. The van der Waals surface area contributed by atoms with E-state index in [-0.39, 0.29) is 0 Å². The number of rotatable bonds is 8. The van der Waals surface area contributed by atoms with Crippen molar-refractivity contribution in [2.45, 2.75) is 32.2 Å². The second-order valence-corrected chi connectivity index (χ2v) is 10.8. The molecule has 0 fully saturated rings. The molecule has 0 saturated heterocycles. The standard InChI is InChI=1S/C27H29N3O2S2/c1-4-29(5-2)34(31,32)25-17-15-23(16-18-25)26-20-33-27(28-24-9-7-6-8-10-24)30(26)19-22-13-11-21(3)12-14-22/h6-18,20H,4-5,19H2,1-3H3. The van der Waals surface area contributed by atoms with E-state index in [4.69, 9.17) is 4.99 Å². The zero-order chi connectivity index (χ0) is 24.1. The van der Waals surface area contributed by atoms with Gasteiger partial charge in [0.2, 0.25) is 10.0 Å². The lowest BCUT2D eigenvalue weighted by Crippen LogP contribution is -2.30. The summed E-state index contributed by atoms with van der Waals surface area (Å²) in [6, 6.07) is 25.6. The van der Waals surface area contributed by atoms with Crippen molar-refractivity contribution in [1.82, 2.24) is 8.87 Å². The maximum Gasteiger partial charge on any atom is 0.243 e. The summed E-state index contributed by atoms with van der Waals surface area (Å²) in [5.41, 5.74) is 5.26. The van der Waals surface area contributed by atoms with Crippen LogP contribution in [0.2, 0.25) is 0 Å². The summed E-state index contributed by atoms with van der Waals surface area (Å²) < 4.78 is 29.4. The number of benzene rings is 3. The molecular formula is C27H29N3O2S2. The molecule has 1 aromatic heterocycles. The predicted molar refractivity (Wildman–Crippen MR) is 140 cm³/mol. The third-order valence-electron chi connectivity index (χ3n) is 5.73. The normalized spacial score (nSPS) is 12.4. The number of para-hydroxylation sites is 1. The molecule has 4 rings (SSSR count). The lowest BCUT2D eigenvalue weighted by atomic mass is 10.1. The van der Waals surface area contributed by atoms with Gasteiger partial charge in [-0.1, -0.05) is 74.0 Å². The van der Waals surface area contributed by atoms with Gasteiger partial charge < -0.3 is 4.57 Å². The van der Waals surface area contributed by atoms with Crippen LogP contribution >= 0.6 is 11.3 Å². The van der Waals surface area contributed by atoms with Gasteiger partial charge in [0.1, 0.15) is 0 Å². The maximum absolute atomic E-state index is 12.9. The second-order valence-electron chi connectivity index (χ2n) is 8.04. The molecule has 34 heavy (non-hydrogen) atoms. The highest BCUT2D eigenvalue weighted by atomic mass is 32.2. The summed E-state index contributed by atoms with van der Waals surface area (Å²) in [4.78, 5) is 6.09. The van der Waals surface area contributed by atoms with Gasteiger partial charge in [0, 0.05) is 18.5 Å². The fourth-order valence-electron chi connectivity index (χ4n) is 3.80. The number of aromatic nitrogens is 1. The van der Waals surface area contributed by atoms with Gasteiger partial charge in [-0.25, -0.2) is 13.4 Å². The number of hydrogen-bond acceptors (Lipinski definition) is 4. The first-order valence-corrected chi connectivity index (χ1v) is 13.7. The quantitative estimate of drug-likeness (QED) is 0.311. The van der Waals surface area contributed by atoms with E-state index < -0.39 is 10.0 Å². The molecule has 4 aromatic rings. The highest BCUT2D eigenvalue weighted by Gasteiger charge is 2.21. The Bertz CT molecular complexity index is 1400. The third-order valence-corrected chi connectivity index (χ3v) is 8.66. The average Bonchev–Trinajstić information content (AvgIpc) is 3.23. The predicted octanol–water partition coefficient (Wildman–Crippen LogP) is 5.84. The summed E-state index contributed by atoms with van der Waals surface area (Å²) in [5.74, 6) is 0. The molecule has 0 aliphatic carbocycles. The van der Waals surface area contributed by atoms with Gasteiger partial charge in [0.25, 0.3) is 0 Å². The van der Waals surface area contributed by atoms with Gasteiger partial charge in [0.05, 0.1) is 22.8 Å². The van der Waals surface area contributed by atoms with Gasteiger partial charge in [-0.2, -0.15) is 4.31 Å². The van der Waals surface area contributed by atoms with E-state index in [1.807, 2.05) is 56.3 Å². The monoisotopic (exact) mass is 491 g/mol. The number of nitrogens with zero attached hydrogens (tertiary/aromatic N) is 3. The molecule has 0 amide bonds. The highest BCUT2D eigenvalue weighted by molar-refractivity contribution is 7.89. The molecule has 0 bridgehead atoms. The van der Waals surface area contributed by atoms with Gasteiger partial charge in [0.15, 0.2) is 4.80 Å². The molecule has 176 valence electrons. The Balaban J connectivity index is 1.77. The Morgan fingerprint density at radius 3 is 2.15 bits per heavy atom. The van der Waals surface area contributed by atoms with Crippen molar-refractivity contribution in [1.29, 1.82) is 0 Å². The van der Waals surface area contributed by atoms with Crippen molar-refractivity contribution in [3.63, 3.8) is 0 Å². The zero-order valence-corrected chi connectivity index (χ0v) is 21.3. The molecule has 5 nitrogen and oxygen atoms in total. The van der Waals surface area contributed by atoms with Crippen LogP contribution in [0.1, 0.15) is 25.0 Å². The first-order valence-electron chi connectivity index (χ1n) is 11.4. The van der Waals surface area contributed by atoms with Crippen LogP contribution in [-0.4, -0.2) is 30.4 Å². The molecule has 0 unspecified atom stereocenters. The van der Waals surface area contributed by atoms with Gasteiger partial charge >= 0.3 is 0 Å². The van der Waals surface area contributed by atoms with Crippen LogP contribution in [0.4, 0.5) is 5.69 Å². The van der Waals surface area contributed by atoms with Gasteiger partial charge in [-0.3, -0.25) is 0 Å². The number of thiazole rings is 1. The summed E-state index contributed by atoms with van der Waals surface area (Å²) in [6.07, 6.45) is 0. The van der Waals surface area contributed by atoms with E-state index in [9.17, 15) is 8.42 Å². The van der Waals surface area contributed by atoms with Crippen LogP contribution in [-0.2, 0) is 16.6 Å². The topological polar surface area (TPSA) is 54.7 Å². The van der Waals surface area contributed by atoms with Gasteiger partial charge in [-0.05, 0) is 42.3 Å². The Morgan fingerprint density at radius 1 is 0.882 bits per heavy atom. The van der Waals surface area contributed by atoms with Crippen LogP contribution in [0.15, 0.2) is 94.1 Å². The van der Waals surface area contributed by atoms with Crippen molar-refractivity contribution in [2.75, 3.05) is 13.1 Å². The first kappa shape index (κ1) is 24.1. The Hall–Kier alpha value is -3.00. The summed E-state index contributed by atoms with van der Waals surface area (Å²) in [7, 11) is -3.49. The van der Waals surface area contributed by atoms with Crippen LogP contribution in [0.5, 0.6) is 0 Å². The summed E-state index contributed by atoms with van der Waals surface area (Å²) in [6.45, 7) is 7.36. The van der Waals surface area contributed by atoms with Crippen LogP contribution in [0, 0.1) is 6.92 Å². The van der Waals surface area contributed by atoms with Crippen LogP contribution in [0.3, 0.4) is 0 Å². The largest absolute Gasteiger partial charge is 0.312 e. The molecule has 0 radical (unpaired) electrons. The summed E-state index contributed by atoms with van der Waals surface area (Å²) >= 11 is 1.58. The Morgan fingerprint density at radius 2 is 1.53 bits per heavy atom. The minimum absolute atomic E-state index is 0.314. The van der Waals surface area contributed by atoms with E-state index in [1.165, 1.54) is 15.4 Å². The van der Waals surface area contributed by atoms with E-state index in [1.54, 1.807) is 23.5 Å². The molecule has 0 N–H and O–H groups in total. The van der Waals surface area contributed by atoms with E-state index >= 15 is 0 Å².